The second kappa shape index (κ2) is 7.19. The van der Waals surface area contributed by atoms with Gasteiger partial charge >= 0.3 is 0 Å². The van der Waals surface area contributed by atoms with Crippen LogP contribution in [0.4, 0.5) is 5.95 Å². The molecule has 132 valence electrons. The Hall–Kier alpha value is -2.47. The second-order valence-corrected chi connectivity index (χ2v) is 6.83. The molecule has 1 aliphatic heterocycles. The molecule has 1 N–H and O–H groups in total. The number of rotatable bonds is 4. The van der Waals surface area contributed by atoms with E-state index in [1.807, 2.05) is 36.1 Å². The smallest absolute Gasteiger partial charge is 0.253 e. The summed E-state index contributed by atoms with van der Waals surface area (Å²) in [4.78, 5) is 24.7. The fourth-order valence-electron chi connectivity index (χ4n) is 3.30. The van der Waals surface area contributed by atoms with Gasteiger partial charge in [-0.1, -0.05) is 17.7 Å². The van der Waals surface area contributed by atoms with Crippen LogP contribution in [-0.4, -0.2) is 58.2 Å². The molecule has 25 heavy (non-hydrogen) atoms. The number of benzene rings is 1. The summed E-state index contributed by atoms with van der Waals surface area (Å²) >= 11 is 0. The lowest BCUT2D eigenvalue weighted by molar-refractivity contribution is -0.000296. The van der Waals surface area contributed by atoms with Crippen molar-refractivity contribution >= 4 is 11.9 Å². The number of amides is 1. The molecule has 2 aromatic rings. The molecule has 1 atom stereocenters. The number of piperidine rings is 1. The molecule has 1 aromatic heterocycles. The fraction of sp³-hybridized carbons (Fsp3) is 0.421. The summed E-state index contributed by atoms with van der Waals surface area (Å²) in [6.07, 6.45) is 4.88. The molecule has 6 nitrogen and oxygen atoms in total. The van der Waals surface area contributed by atoms with Gasteiger partial charge in [-0.05, 0) is 38.0 Å². The maximum Gasteiger partial charge on any atom is 0.253 e. The van der Waals surface area contributed by atoms with Gasteiger partial charge in [-0.2, -0.15) is 0 Å². The van der Waals surface area contributed by atoms with E-state index in [0.29, 0.717) is 24.5 Å². The van der Waals surface area contributed by atoms with Crippen LogP contribution in [0.1, 0.15) is 28.8 Å². The molecular formula is C19H24N4O2. The SMILES string of the molecule is Cc1ccc(C(=O)N(C)CC2(O)CCCN(c3ncccn3)C2)cc1. The number of aryl methyl sites for hydroxylation is 1. The van der Waals surface area contributed by atoms with E-state index in [1.165, 1.54) is 0 Å². The Morgan fingerprint density at radius 3 is 2.64 bits per heavy atom. The minimum absolute atomic E-state index is 0.0819. The quantitative estimate of drug-likeness (QED) is 0.920. The molecule has 1 aromatic carbocycles. The van der Waals surface area contributed by atoms with Gasteiger partial charge in [-0.3, -0.25) is 4.79 Å². The maximum atomic E-state index is 12.6. The standard InChI is InChI=1S/C19H24N4O2/c1-15-5-7-16(8-6-15)17(24)22(2)13-19(25)9-3-12-23(14-19)18-20-10-4-11-21-18/h4-8,10-11,25H,3,9,12-14H2,1-2H3. The van der Waals surface area contributed by atoms with Crippen LogP contribution in [0.5, 0.6) is 0 Å². The highest BCUT2D eigenvalue weighted by Gasteiger charge is 2.36. The molecular weight excluding hydrogens is 316 g/mol. The van der Waals surface area contributed by atoms with Gasteiger partial charge in [0.05, 0.1) is 18.7 Å². The third-order valence-electron chi connectivity index (χ3n) is 4.57. The Morgan fingerprint density at radius 2 is 1.96 bits per heavy atom. The van der Waals surface area contributed by atoms with Crippen molar-refractivity contribution in [3.63, 3.8) is 0 Å². The van der Waals surface area contributed by atoms with Crippen LogP contribution < -0.4 is 4.90 Å². The molecule has 1 fully saturated rings. The molecule has 2 heterocycles. The monoisotopic (exact) mass is 340 g/mol. The number of aliphatic hydroxyl groups is 1. The van der Waals surface area contributed by atoms with Crippen molar-refractivity contribution in [3.05, 3.63) is 53.9 Å². The van der Waals surface area contributed by atoms with Crippen LogP contribution in [0.2, 0.25) is 0 Å². The first kappa shape index (κ1) is 17.4. The Balaban J connectivity index is 1.68. The summed E-state index contributed by atoms with van der Waals surface area (Å²) in [7, 11) is 1.73. The number of likely N-dealkylation sites (N-methyl/N-ethyl adjacent to an activating group) is 1. The molecule has 0 aliphatic carbocycles. The zero-order valence-electron chi connectivity index (χ0n) is 14.7. The summed E-state index contributed by atoms with van der Waals surface area (Å²) in [5, 5.41) is 11.0. The lowest BCUT2D eigenvalue weighted by Gasteiger charge is -2.41. The Morgan fingerprint density at radius 1 is 1.28 bits per heavy atom. The highest BCUT2D eigenvalue weighted by molar-refractivity contribution is 5.94. The molecule has 6 heteroatoms. The highest BCUT2D eigenvalue weighted by atomic mass is 16.3. The molecule has 1 amide bonds. The summed E-state index contributed by atoms with van der Waals surface area (Å²) in [6.45, 7) is 3.50. The number of nitrogens with zero attached hydrogens (tertiary/aromatic N) is 4. The van der Waals surface area contributed by atoms with E-state index in [-0.39, 0.29) is 12.5 Å². The summed E-state index contributed by atoms with van der Waals surface area (Å²) in [5.41, 5.74) is 0.784. The number of aromatic nitrogens is 2. The molecule has 1 unspecified atom stereocenters. The number of hydrogen-bond donors (Lipinski definition) is 1. The Labute approximate surface area is 148 Å². The molecule has 0 spiro atoms. The van der Waals surface area contributed by atoms with E-state index in [9.17, 15) is 9.90 Å². The normalized spacial score (nSPS) is 20.4. The third-order valence-corrected chi connectivity index (χ3v) is 4.57. The van der Waals surface area contributed by atoms with Crippen molar-refractivity contribution in [2.24, 2.45) is 0 Å². The van der Waals surface area contributed by atoms with Gasteiger partial charge in [0.15, 0.2) is 0 Å². The number of anilines is 1. The zero-order chi connectivity index (χ0) is 17.9. The van der Waals surface area contributed by atoms with Gasteiger partial charge in [-0.25, -0.2) is 9.97 Å². The van der Waals surface area contributed by atoms with Crippen LogP contribution >= 0.6 is 0 Å². The number of carbonyl (C=O) groups excluding carboxylic acids is 1. The lowest BCUT2D eigenvalue weighted by atomic mass is 9.92. The van der Waals surface area contributed by atoms with Crippen molar-refractivity contribution in [2.45, 2.75) is 25.4 Å². The molecule has 3 rings (SSSR count). The molecule has 0 saturated carbocycles. The average molecular weight is 340 g/mol. The Kier molecular flexibility index (Phi) is 4.99. The van der Waals surface area contributed by atoms with Crippen molar-refractivity contribution in [1.82, 2.24) is 14.9 Å². The van der Waals surface area contributed by atoms with Gasteiger partial charge in [0.1, 0.15) is 0 Å². The molecule has 0 radical (unpaired) electrons. The van der Waals surface area contributed by atoms with Crippen LogP contribution in [-0.2, 0) is 0 Å². The second-order valence-electron chi connectivity index (χ2n) is 6.83. The van der Waals surface area contributed by atoms with E-state index in [2.05, 4.69) is 9.97 Å². The average Bonchev–Trinajstić information content (AvgIpc) is 2.62. The summed E-state index contributed by atoms with van der Waals surface area (Å²) < 4.78 is 0. The van der Waals surface area contributed by atoms with Crippen molar-refractivity contribution in [1.29, 1.82) is 0 Å². The predicted octanol–water partition coefficient (Wildman–Crippen LogP) is 1.89. The minimum atomic E-state index is -0.966. The van der Waals surface area contributed by atoms with E-state index >= 15 is 0 Å². The van der Waals surface area contributed by atoms with Gasteiger partial charge in [0.2, 0.25) is 5.95 Å². The van der Waals surface area contributed by atoms with Crippen LogP contribution in [0.15, 0.2) is 42.7 Å². The molecule has 0 bridgehead atoms. The van der Waals surface area contributed by atoms with Crippen LogP contribution in [0.3, 0.4) is 0 Å². The van der Waals surface area contributed by atoms with Crippen LogP contribution in [0.25, 0.3) is 0 Å². The largest absolute Gasteiger partial charge is 0.386 e. The highest BCUT2D eigenvalue weighted by Crippen LogP contribution is 2.25. The van der Waals surface area contributed by atoms with E-state index < -0.39 is 5.60 Å². The van der Waals surface area contributed by atoms with Gasteiger partial charge in [-0.15, -0.1) is 0 Å². The van der Waals surface area contributed by atoms with Crippen molar-refractivity contribution in [3.8, 4) is 0 Å². The van der Waals surface area contributed by atoms with E-state index in [4.69, 9.17) is 0 Å². The lowest BCUT2D eigenvalue weighted by Crippen LogP contribution is -2.55. The Bertz CT molecular complexity index is 720. The first-order valence-corrected chi connectivity index (χ1v) is 8.53. The van der Waals surface area contributed by atoms with Gasteiger partial charge in [0, 0.05) is 31.5 Å². The first-order valence-electron chi connectivity index (χ1n) is 8.53. The zero-order valence-corrected chi connectivity index (χ0v) is 14.7. The van der Waals surface area contributed by atoms with Gasteiger partial charge < -0.3 is 14.9 Å². The maximum absolute atomic E-state index is 12.6. The third kappa shape index (κ3) is 4.14. The molecule has 1 aliphatic rings. The van der Waals surface area contributed by atoms with E-state index in [1.54, 1.807) is 30.4 Å². The first-order chi connectivity index (χ1) is 12.0. The van der Waals surface area contributed by atoms with Crippen LogP contribution in [0, 0.1) is 6.92 Å². The number of carbonyl (C=O) groups is 1. The van der Waals surface area contributed by atoms with Gasteiger partial charge in [0.25, 0.3) is 5.91 Å². The van der Waals surface area contributed by atoms with E-state index in [0.717, 1.165) is 18.5 Å². The predicted molar refractivity (Wildman–Crippen MR) is 96.6 cm³/mol. The van der Waals surface area contributed by atoms with Crippen molar-refractivity contribution < 1.29 is 9.90 Å². The fourth-order valence-corrected chi connectivity index (χ4v) is 3.30. The topological polar surface area (TPSA) is 69.6 Å². The minimum Gasteiger partial charge on any atom is -0.386 e. The summed E-state index contributed by atoms with van der Waals surface area (Å²) in [6, 6.07) is 9.26. The number of hydrogen-bond acceptors (Lipinski definition) is 5. The number of β-amino-alcohol motifs (C(OH)–C–C–N with tert-alkyl or cyclic N) is 1. The van der Waals surface area contributed by atoms with Crippen molar-refractivity contribution in [2.75, 3.05) is 31.6 Å². The summed E-state index contributed by atoms with van der Waals surface area (Å²) in [5.74, 6) is 0.537. The molecule has 1 saturated heterocycles.